The number of alkyl halides is 3. The highest BCUT2D eigenvalue weighted by molar-refractivity contribution is 7.10. The lowest BCUT2D eigenvalue weighted by Gasteiger charge is -2.06. The molecule has 0 aliphatic heterocycles. The summed E-state index contributed by atoms with van der Waals surface area (Å²) in [7, 11) is 0. The maximum Gasteiger partial charge on any atom is 0.389 e. The fourth-order valence-electron chi connectivity index (χ4n) is 1.32. The van der Waals surface area contributed by atoms with E-state index in [1.54, 1.807) is 11.4 Å². The summed E-state index contributed by atoms with van der Waals surface area (Å²) >= 11 is 1.48. The summed E-state index contributed by atoms with van der Waals surface area (Å²) in [5.74, 6) is 0. The summed E-state index contributed by atoms with van der Waals surface area (Å²) < 4.78 is 35.5. The molecule has 0 unspecified atom stereocenters. The summed E-state index contributed by atoms with van der Waals surface area (Å²) in [5, 5.41) is 13.4. The van der Waals surface area contributed by atoms with Crippen molar-refractivity contribution in [1.29, 1.82) is 5.26 Å². The smallest absolute Gasteiger partial charge is 0.312 e. The molecule has 0 bridgehead atoms. The van der Waals surface area contributed by atoms with E-state index in [0.29, 0.717) is 25.1 Å². The molecule has 1 heterocycles. The van der Waals surface area contributed by atoms with Crippen LogP contribution in [-0.2, 0) is 6.54 Å². The van der Waals surface area contributed by atoms with Crippen LogP contribution in [0.2, 0.25) is 0 Å². The van der Waals surface area contributed by atoms with Gasteiger partial charge in [-0.1, -0.05) is 0 Å². The number of hydrogen-bond acceptors (Lipinski definition) is 3. The van der Waals surface area contributed by atoms with Crippen molar-refractivity contribution in [2.45, 2.75) is 32.0 Å². The molecule has 0 fully saturated rings. The first-order valence-electron chi connectivity index (χ1n) is 5.26. The minimum absolute atomic E-state index is 0.157. The van der Waals surface area contributed by atoms with Gasteiger partial charge in [0.15, 0.2) is 0 Å². The average molecular weight is 262 g/mol. The first kappa shape index (κ1) is 14.0. The Hall–Kier alpha value is -1.06. The Labute approximate surface area is 102 Å². The molecule has 6 heteroatoms. The van der Waals surface area contributed by atoms with Gasteiger partial charge in [0.2, 0.25) is 0 Å². The highest BCUT2D eigenvalue weighted by Gasteiger charge is 2.25. The van der Waals surface area contributed by atoms with Gasteiger partial charge in [-0.2, -0.15) is 18.4 Å². The molecule has 0 atom stereocenters. The predicted molar refractivity (Wildman–Crippen MR) is 60.6 cm³/mol. The van der Waals surface area contributed by atoms with E-state index in [-0.39, 0.29) is 6.42 Å². The second-order valence-electron chi connectivity index (χ2n) is 3.66. The quantitative estimate of drug-likeness (QED) is 0.797. The van der Waals surface area contributed by atoms with Crippen LogP contribution in [0.4, 0.5) is 13.2 Å². The molecule has 0 aliphatic rings. The Morgan fingerprint density at radius 2 is 2.12 bits per heavy atom. The molecular formula is C11H13F3N2S. The van der Waals surface area contributed by atoms with Crippen LogP contribution in [0.15, 0.2) is 11.4 Å². The van der Waals surface area contributed by atoms with E-state index in [0.717, 1.165) is 4.88 Å². The predicted octanol–water partition coefficient (Wildman–Crippen LogP) is 3.44. The molecule has 0 radical (unpaired) electrons. The van der Waals surface area contributed by atoms with Gasteiger partial charge in [0, 0.05) is 23.2 Å². The SMILES string of the molecule is N#Cc1csc(CNCCCCC(F)(F)F)c1. The van der Waals surface area contributed by atoms with E-state index in [2.05, 4.69) is 5.32 Å². The first-order chi connectivity index (χ1) is 8.01. The molecule has 1 aromatic rings. The minimum atomic E-state index is -4.05. The zero-order valence-corrected chi connectivity index (χ0v) is 10.00. The van der Waals surface area contributed by atoms with Gasteiger partial charge in [-0.3, -0.25) is 0 Å². The summed E-state index contributed by atoms with van der Waals surface area (Å²) in [6.07, 6.45) is -4.10. The summed E-state index contributed by atoms with van der Waals surface area (Å²) in [4.78, 5) is 1.03. The van der Waals surface area contributed by atoms with Crippen molar-refractivity contribution in [2.24, 2.45) is 0 Å². The summed E-state index contributed by atoms with van der Waals surface area (Å²) in [5.41, 5.74) is 0.629. The lowest BCUT2D eigenvalue weighted by molar-refractivity contribution is -0.135. The summed E-state index contributed by atoms with van der Waals surface area (Å²) in [6, 6.07) is 3.82. The van der Waals surface area contributed by atoms with Gasteiger partial charge < -0.3 is 5.32 Å². The molecule has 0 saturated carbocycles. The van der Waals surface area contributed by atoms with Crippen LogP contribution in [0.25, 0.3) is 0 Å². The largest absolute Gasteiger partial charge is 0.389 e. The van der Waals surface area contributed by atoms with Crippen molar-refractivity contribution >= 4 is 11.3 Å². The Balaban J connectivity index is 2.07. The molecule has 0 aliphatic carbocycles. The van der Waals surface area contributed by atoms with Crippen molar-refractivity contribution in [1.82, 2.24) is 5.32 Å². The number of rotatable bonds is 6. The van der Waals surface area contributed by atoms with Crippen LogP contribution in [0.5, 0.6) is 0 Å². The van der Waals surface area contributed by atoms with E-state index in [9.17, 15) is 13.2 Å². The van der Waals surface area contributed by atoms with Gasteiger partial charge in [0.05, 0.1) is 5.56 Å². The van der Waals surface area contributed by atoms with Gasteiger partial charge >= 0.3 is 6.18 Å². The van der Waals surface area contributed by atoms with Crippen LogP contribution in [0, 0.1) is 11.3 Å². The zero-order chi connectivity index (χ0) is 12.7. The molecule has 1 N–H and O–H groups in total. The molecule has 0 saturated heterocycles. The Morgan fingerprint density at radius 3 is 2.71 bits per heavy atom. The van der Waals surface area contributed by atoms with Crippen molar-refractivity contribution in [3.63, 3.8) is 0 Å². The fourth-order valence-corrected chi connectivity index (χ4v) is 2.10. The van der Waals surface area contributed by atoms with Gasteiger partial charge in [-0.15, -0.1) is 11.3 Å². The number of nitriles is 1. The fraction of sp³-hybridized carbons (Fsp3) is 0.545. The van der Waals surface area contributed by atoms with Gasteiger partial charge in [0.1, 0.15) is 6.07 Å². The van der Waals surface area contributed by atoms with Crippen molar-refractivity contribution in [3.05, 3.63) is 21.9 Å². The monoisotopic (exact) mass is 262 g/mol. The number of halogens is 3. The van der Waals surface area contributed by atoms with Gasteiger partial charge in [-0.25, -0.2) is 0 Å². The standard InChI is InChI=1S/C11H13F3N2S/c12-11(13,14)3-1-2-4-16-7-10-5-9(6-15)8-17-10/h5,8,16H,1-4,7H2. The summed E-state index contributed by atoms with van der Waals surface area (Å²) in [6.45, 7) is 1.17. The van der Waals surface area contributed by atoms with E-state index in [1.165, 1.54) is 11.3 Å². The third kappa shape index (κ3) is 6.29. The molecule has 94 valence electrons. The lowest BCUT2D eigenvalue weighted by atomic mass is 10.2. The number of hydrogen-bond donors (Lipinski definition) is 1. The van der Waals surface area contributed by atoms with E-state index in [1.807, 2.05) is 6.07 Å². The van der Waals surface area contributed by atoms with Gasteiger partial charge in [0.25, 0.3) is 0 Å². The van der Waals surface area contributed by atoms with E-state index in [4.69, 9.17) is 5.26 Å². The maximum atomic E-state index is 11.8. The molecule has 0 amide bonds. The second-order valence-corrected chi connectivity index (χ2v) is 4.66. The lowest BCUT2D eigenvalue weighted by Crippen LogP contribution is -2.15. The highest BCUT2D eigenvalue weighted by atomic mass is 32.1. The minimum Gasteiger partial charge on any atom is -0.312 e. The molecule has 0 aromatic carbocycles. The number of nitrogens with one attached hydrogen (secondary N) is 1. The van der Waals surface area contributed by atoms with Crippen molar-refractivity contribution in [3.8, 4) is 6.07 Å². The number of unbranched alkanes of at least 4 members (excludes halogenated alkanes) is 1. The van der Waals surface area contributed by atoms with Crippen LogP contribution in [0.3, 0.4) is 0 Å². The van der Waals surface area contributed by atoms with Crippen molar-refractivity contribution in [2.75, 3.05) is 6.54 Å². The average Bonchev–Trinajstić information content (AvgIpc) is 2.69. The number of nitrogens with zero attached hydrogens (tertiary/aromatic N) is 1. The third-order valence-corrected chi connectivity index (χ3v) is 3.08. The first-order valence-corrected chi connectivity index (χ1v) is 6.14. The second kappa shape index (κ2) is 6.62. The Morgan fingerprint density at radius 1 is 1.35 bits per heavy atom. The molecule has 2 nitrogen and oxygen atoms in total. The molecule has 0 spiro atoms. The van der Waals surface area contributed by atoms with E-state index < -0.39 is 12.6 Å². The molecule has 17 heavy (non-hydrogen) atoms. The van der Waals surface area contributed by atoms with E-state index >= 15 is 0 Å². The maximum absolute atomic E-state index is 11.8. The Bertz CT molecular complexity index is 379. The van der Waals surface area contributed by atoms with Crippen LogP contribution in [0.1, 0.15) is 29.7 Å². The van der Waals surface area contributed by atoms with Gasteiger partial charge in [-0.05, 0) is 25.5 Å². The van der Waals surface area contributed by atoms with Crippen LogP contribution in [-0.4, -0.2) is 12.7 Å². The third-order valence-electron chi connectivity index (χ3n) is 2.15. The number of thiophene rings is 1. The Kier molecular flexibility index (Phi) is 5.45. The molecule has 1 rings (SSSR count). The van der Waals surface area contributed by atoms with Crippen LogP contribution < -0.4 is 5.32 Å². The zero-order valence-electron chi connectivity index (χ0n) is 9.18. The normalized spacial score (nSPS) is 11.4. The van der Waals surface area contributed by atoms with Crippen LogP contribution >= 0.6 is 11.3 Å². The van der Waals surface area contributed by atoms with Crippen molar-refractivity contribution < 1.29 is 13.2 Å². The topological polar surface area (TPSA) is 35.8 Å². The highest BCUT2D eigenvalue weighted by Crippen LogP contribution is 2.21. The molecular weight excluding hydrogens is 249 g/mol. The molecule has 1 aromatic heterocycles.